The summed E-state index contributed by atoms with van der Waals surface area (Å²) in [5, 5.41) is 10.3. The number of carbonyl (C=O) groups excluding carboxylic acids is 1. The Morgan fingerprint density at radius 2 is 2.53 bits per heavy atom. The summed E-state index contributed by atoms with van der Waals surface area (Å²) < 4.78 is 1.67. The van der Waals surface area contributed by atoms with Crippen molar-refractivity contribution in [2.75, 3.05) is 19.6 Å². The molecule has 1 amide bonds. The Kier molecular flexibility index (Phi) is 4.49. The van der Waals surface area contributed by atoms with E-state index in [1.54, 1.807) is 11.0 Å². The molecule has 1 aromatic heterocycles. The van der Waals surface area contributed by atoms with E-state index in [0.29, 0.717) is 18.9 Å². The number of aryl methyl sites for hydroxylation is 1. The lowest BCUT2D eigenvalue weighted by molar-refractivity contribution is -0.121. The van der Waals surface area contributed by atoms with Gasteiger partial charge in [0.05, 0.1) is 6.54 Å². The molecule has 94 valence electrons. The van der Waals surface area contributed by atoms with Gasteiger partial charge in [-0.1, -0.05) is 0 Å². The van der Waals surface area contributed by atoms with E-state index in [0.717, 1.165) is 19.6 Å². The minimum atomic E-state index is 0.0890. The molecule has 0 radical (unpaired) electrons. The molecule has 1 fully saturated rings. The third-order valence-corrected chi connectivity index (χ3v) is 3.02. The number of amides is 1. The Balaban J connectivity index is 1.60. The molecule has 2 rings (SSSR count). The van der Waals surface area contributed by atoms with Gasteiger partial charge in [0, 0.05) is 13.0 Å². The number of hydrogen-bond acceptors (Lipinski definition) is 4. The first-order valence-corrected chi connectivity index (χ1v) is 6.14. The zero-order valence-electron chi connectivity index (χ0n) is 9.93. The smallest absolute Gasteiger partial charge is 0.221 e. The van der Waals surface area contributed by atoms with Crippen molar-refractivity contribution in [2.45, 2.75) is 25.8 Å². The summed E-state index contributed by atoms with van der Waals surface area (Å²) in [4.78, 5) is 15.4. The van der Waals surface area contributed by atoms with E-state index < -0.39 is 0 Å². The molecule has 6 nitrogen and oxygen atoms in total. The summed E-state index contributed by atoms with van der Waals surface area (Å²) in [5.41, 5.74) is 0. The van der Waals surface area contributed by atoms with Crippen molar-refractivity contribution in [2.24, 2.45) is 5.92 Å². The van der Waals surface area contributed by atoms with Gasteiger partial charge in [-0.25, -0.2) is 4.98 Å². The second-order valence-corrected chi connectivity index (χ2v) is 4.43. The van der Waals surface area contributed by atoms with Crippen LogP contribution in [0.2, 0.25) is 0 Å². The van der Waals surface area contributed by atoms with Crippen LogP contribution in [0.5, 0.6) is 0 Å². The summed E-state index contributed by atoms with van der Waals surface area (Å²) in [5.74, 6) is 0.671. The van der Waals surface area contributed by atoms with E-state index in [2.05, 4.69) is 20.7 Å². The molecule has 1 aliphatic rings. The highest BCUT2D eigenvalue weighted by Crippen LogP contribution is 2.08. The summed E-state index contributed by atoms with van der Waals surface area (Å²) in [7, 11) is 0. The van der Waals surface area contributed by atoms with Gasteiger partial charge in [0.2, 0.25) is 5.91 Å². The highest BCUT2D eigenvalue weighted by atomic mass is 16.1. The molecular weight excluding hydrogens is 218 g/mol. The molecule has 2 heterocycles. The molecule has 1 aromatic rings. The fraction of sp³-hybridized carbons (Fsp3) is 0.727. The van der Waals surface area contributed by atoms with Gasteiger partial charge in [-0.2, -0.15) is 5.10 Å². The molecule has 17 heavy (non-hydrogen) atoms. The largest absolute Gasteiger partial charge is 0.356 e. The number of nitrogens with one attached hydrogen (secondary N) is 2. The zero-order chi connectivity index (χ0) is 11.9. The van der Waals surface area contributed by atoms with Crippen molar-refractivity contribution in [3.63, 3.8) is 0 Å². The average molecular weight is 237 g/mol. The van der Waals surface area contributed by atoms with Crippen molar-refractivity contribution in [3.05, 3.63) is 12.7 Å². The minimum Gasteiger partial charge on any atom is -0.356 e. The Morgan fingerprint density at radius 3 is 3.24 bits per heavy atom. The van der Waals surface area contributed by atoms with Crippen molar-refractivity contribution in [1.29, 1.82) is 0 Å². The fourth-order valence-corrected chi connectivity index (χ4v) is 2.01. The van der Waals surface area contributed by atoms with Gasteiger partial charge < -0.3 is 10.6 Å². The van der Waals surface area contributed by atoms with Crippen molar-refractivity contribution < 1.29 is 4.79 Å². The number of aromatic nitrogens is 3. The summed E-state index contributed by atoms with van der Waals surface area (Å²) in [6.45, 7) is 3.50. The summed E-state index contributed by atoms with van der Waals surface area (Å²) in [6, 6.07) is 0. The highest BCUT2D eigenvalue weighted by Gasteiger charge is 2.13. The lowest BCUT2D eigenvalue weighted by atomic mass is 10.00. The van der Waals surface area contributed by atoms with Crippen LogP contribution in [0.4, 0.5) is 0 Å². The van der Waals surface area contributed by atoms with E-state index >= 15 is 0 Å². The molecule has 0 aromatic carbocycles. The van der Waals surface area contributed by atoms with Crippen LogP contribution in [-0.2, 0) is 11.3 Å². The van der Waals surface area contributed by atoms with E-state index in [-0.39, 0.29) is 5.91 Å². The third-order valence-electron chi connectivity index (χ3n) is 3.02. The number of carbonyl (C=O) groups is 1. The van der Waals surface area contributed by atoms with Crippen LogP contribution in [0, 0.1) is 5.92 Å². The van der Waals surface area contributed by atoms with Gasteiger partial charge in [0.15, 0.2) is 0 Å². The normalized spacial score (nSPS) is 20.1. The van der Waals surface area contributed by atoms with Crippen molar-refractivity contribution in [3.8, 4) is 0 Å². The monoisotopic (exact) mass is 237 g/mol. The zero-order valence-corrected chi connectivity index (χ0v) is 9.93. The molecule has 0 aliphatic carbocycles. The Bertz CT molecular complexity index is 332. The van der Waals surface area contributed by atoms with Crippen molar-refractivity contribution in [1.82, 2.24) is 25.4 Å². The van der Waals surface area contributed by atoms with Crippen LogP contribution in [-0.4, -0.2) is 40.3 Å². The standard InChI is InChI=1S/C11H19N5O/c17-11(3-5-16-9-13-8-15-16)14-7-10-2-1-4-12-6-10/h8-10,12H,1-7H2,(H,14,17). The quantitative estimate of drug-likeness (QED) is 0.743. The van der Waals surface area contributed by atoms with Crippen LogP contribution < -0.4 is 10.6 Å². The van der Waals surface area contributed by atoms with Crippen LogP contribution in [0.25, 0.3) is 0 Å². The summed E-state index contributed by atoms with van der Waals surface area (Å²) in [6.07, 6.45) is 5.98. The van der Waals surface area contributed by atoms with Gasteiger partial charge in [-0.3, -0.25) is 9.48 Å². The molecule has 0 spiro atoms. The topological polar surface area (TPSA) is 71.8 Å². The Morgan fingerprint density at radius 1 is 1.59 bits per heavy atom. The number of piperidine rings is 1. The van der Waals surface area contributed by atoms with E-state index in [1.807, 2.05) is 0 Å². The van der Waals surface area contributed by atoms with E-state index in [1.165, 1.54) is 19.2 Å². The first-order chi connectivity index (χ1) is 8.34. The minimum absolute atomic E-state index is 0.0890. The number of hydrogen-bond donors (Lipinski definition) is 2. The molecular formula is C11H19N5O. The maximum absolute atomic E-state index is 11.6. The van der Waals surface area contributed by atoms with Gasteiger partial charge >= 0.3 is 0 Å². The van der Waals surface area contributed by atoms with E-state index in [9.17, 15) is 4.79 Å². The molecule has 1 unspecified atom stereocenters. The molecule has 0 bridgehead atoms. The Hall–Kier alpha value is -1.43. The van der Waals surface area contributed by atoms with Crippen molar-refractivity contribution >= 4 is 5.91 Å². The van der Waals surface area contributed by atoms with Gasteiger partial charge in [0.25, 0.3) is 0 Å². The molecule has 1 aliphatic heterocycles. The van der Waals surface area contributed by atoms with Gasteiger partial charge in [-0.15, -0.1) is 0 Å². The van der Waals surface area contributed by atoms with Crippen LogP contribution in [0.15, 0.2) is 12.7 Å². The maximum atomic E-state index is 11.6. The molecule has 1 atom stereocenters. The SMILES string of the molecule is O=C(CCn1cncn1)NCC1CCCNC1. The molecule has 1 saturated heterocycles. The second-order valence-electron chi connectivity index (χ2n) is 4.43. The van der Waals surface area contributed by atoms with Crippen LogP contribution in [0.3, 0.4) is 0 Å². The first kappa shape index (κ1) is 12.0. The highest BCUT2D eigenvalue weighted by molar-refractivity contribution is 5.75. The third kappa shape index (κ3) is 4.14. The molecule has 2 N–H and O–H groups in total. The van der Waals surface area contributed by atoms with Gasteiger partial charge in [-0.05, 0) is 31.8 Å². The lowest BCUT2D eigenvalue weighted by Crippen LogP contribution is -2.38. The van der Waals surface area contributed by atoms with Crippen LogP contribution in [0.1, 0.15) is 19.3 Å². The van der Waals surface area contributed by atoms with E-state index in [4.69, 9.17) is 0 Å². The number of nitrogens with zero attached hydrogens (tertiary/aromatic N) is 3. The lowest BCUT2D eigenvalue weighted by Gasteiger charge is -2.22. The average Bonchev–Trinajstić information content (AvgIpc) is 2.88. The Labute approximate surface area is 101 Å². The second kappa shape index (κ2) is 6.34. The first-order valence-electron chi connectivity index (χ1n) is 6.14. The number of rotatable bonds is 5. The summed E-state index contributed by atoms with van der Waals surface area (Å²) >= 11 is 0. The fourth-order valence-electron chi connectivity index (χ4n) is 2.01. The van der Waals surface area contributed by atoms with Crippen LogP contribution >= 0.6 is 0 Å². The molecule has 6 heteroatoms. The predicted molar refractivity (Wildman–Crippen MR) is 63.2 cm³/mol. The predicted octanol–water partition coefficient (Wildman–Crippen LogP) is -0.216. The van der Waals surface area contributed by atoms with Gasteiger partial charge in [0.1, 0.15) is 12.7 Å². The maximum Gasteiger partial charge on any atom is 0.221 e. The molecule has 0 saturated carbocycles.